The Kier molecular flexibility index (Phi) is 3.50. The number of aromatic nitrogens is 4. The highest BCUT2D eigenvalue weighted by atomic mass is 32.1. The molecule has 0 spiro atoms. The molecule has 1 aliphatic rings. The molecule has 3 rings (SSSR count). The van der Waals surface area contributed by atoms with Gasteiger partial charge in [-0.1, -0.05) is 11.3 Å². The van der Waals surface area contributed by atoms with Gasteiger partial charge in [0, 0.05) is 26.1 Å². The normalized spacial score (nSPS) is 20.6. The Morgan fingerprint density at radius 3 is 3.28 bits per heavy atom. The maximum absolute atomic E-state index is 5.43. The van der Waals surface area contributed by atoms with Gasteiger partial charge in [-0.2, -0.15) is 9.61 Å². The molecule has 3 heterocycles. The summed E-state index contributed by atoms with van der Waals surface area (Å²) in [6.45, 7) is 2.86. The van der Waals surface area contributed by atoms with Crippen molar-refractivity contribution in [2.75, 3.05) is 26.9 Å². The van der Waals surface area contributed by atoms with Crippen molar-refractivity contribution in [3.05, 3.63) is 10.8 Å². The molecule has 0 bridgehead atoms. The van der Waals surface area contributed by atoms with Gasteiger partial charge in [-0.05, 0) is 0 Å². The van der Waals surface area contributed by atoms with Crippen molar-refractivity contribution in [1.82, 2.24) is 25.1 Å². The molecule has 1 atom stereocenters. The van der Waals surface area contributed by atoms with Crippen LogP contribution in [0.1, 0.15) is 10.8 Å². The Hall–Kier alpha value is -1.09. The van der Waals surface area contributed by atoms with Crippen molar-refractivity contribution < 1.29 is 9.47 Å². The van der Waals surface area contributed by atoms with E-state index in [4.69, 9.17) is 9.47 Å². The van der Waals surface area contributed by atoms with Gasteiger partial charge in [-0.25, -0.2) is 0 Å². The second-order valence-electron chi connectivity index (χ2n) is 4.17. The van der Waals surface area contributed by atoms with E-state index in [0.29, 0.717) is 12.6 Å². The van der Waals surface area contributed by atoms with Crippen LogP contribution >= 0.6 is 11.3 Å². The molecule has 1 N–H and O–H groups in total. The highest BCUT2D eigenvalue weighted by Gasteiger charge is 2.17. The van der Waals surface area contributed by atoms with Gasteiger partial charge in [0.1, 0.15) is 11.6 Å². The van der Waals surface area contributed by atoms with Crippen molar-refractivity contribution in [3.63, 3.8) is 0 Å². The Morgan fingerprint density at radius 1 is 1.56 bits per heavy atom. The van der Waals surface area contributed by atoms with Crippen LogP contribution in [0.2, 0.25) is 0 Å². The van der Waals surface area contributed by atoms with E-state index >= 15 is 0 Å². The number of hydrogen-bond acceptors (Lipinski definition) is 7. The second-order valence-corrected chi connectivity index (χ2v) is 5.21. The maximum Gasteiger partial charge on any atom is 0.234 e. The number of ether oxygens (including phenoxy) is 2. The van der Waals surface area contributed by atoms with Crippen LogP contribution in [-0.2, 0) is 22.5 Å². The lowest BCUT2D eigenvalue weighted by molar-refractivity contribution is 0.0769. The molecule has 0 amide bonds. The summed E-state index contributed by atoms with van der Waals surface area (Å²) in [6, 6.07) is 0.341. The van der Waals surface area contributed by atoms with Crippen molar-refractivity contribution in [3.8, 4) is 0 Å². The number of nitrogens with zero attached hydrogens (tertiary/aromatic N) is 4. The predicted molar refractivity (Wildman–Crippen MR) is 65.7 cm³/mol. The van der Waals surface area contributed by atoms with Crippen LogP contribution in [0.15, 0.2) is 0 Å². The van der Waals surface area contributed by atoms with Crippen LogP contribution < -0.4 is 5.32 Å². The fourth-order valence-electron chi connectivity index (χ4n) is 1.96. The number of rotatable bonds is 4. The minimum atomic E-state index is 0.341. The first kappa shape index (κ1) is 12.0. The van der Waals surface area contributed by atoms with Gasteiger partial charge in [0.15, 0.2) is 5.82 Å². The lowest BCUT2D eigenvalue weighted by Crippen LogP contribution is -2.42. The van der Waals surface area contributed by atoms with Crippen LogP contribution in [-0.4, -0.2) is 52.7 Å². The van der Waals surface area contributed by atoms with Crippen molar-refractivity contribution in [1.29, 1.82) is 0 Å². The Bertz CT molecular complexity index is 519. The average molecular weight is 269 g/mol. The van der Waals surface area contributed by atoms with Gasteiger partial charge in [-0.15, -0.1) is 10.2 Å². The molecule has 2 aromatic heterocycles. The quantitative estimate of drug-likeness (QED) is 0.833. The molecule has 2 aromatic rings. The monoisotopic (exact) mass is 269 g/mol. The number of hydrogen-bond donors (Lipinski definition) is 1. The molecule has 1 fully saturated rings. The molecule has 0 saturated carbocycles. The second kappa shape index (κ2) is 5.27. The highest BCUT2D eigenvalue weighted by molar-refractivity contribution is 7.16. The van der Waals surface area contributed by atoms with Crippen molar-refractivity contribution >= 4 is 16.3 Å². The molecular weight excluding hydrogens is 254 g/mol. The molecular formula is C10H15N5O2S. The van der Waals surface area contributed by atoms with E-state index < -0.39 is 0 Å². The molecule has 7 nitrogen and oxygen atoms in total. The summed E-state index contributed by atoms with van der Waals surface area (Å²) in [7, 11) is 1.64. The number of methoxy groups -OCH3 is 1. The molecule has 1 aliphatic heterocycles. The van der Waals surface area contributed by atoms with Crippen LogP contribution in [0.3, 0.4) is 0 Å². The molecule has 0 aliphatic carbocycles. The largest absolute Gasteiger partial charge is 0.379 e. The predicted octanol–water partition coefficient (Wildman–Crippen LogP) is -0.137. The molecule has 98 valence electrons. The first-order valence-corrected chi connectivity index (χ1v) is 6.68. The fraction of sp³-hybridized carbons (Fsp3) is 0.700. The van der Waals surface area contributed by atoms with Gasteiger partial charge in [0.25, 0.3) is 0 Å². The van der Waals surface area contributed by atoms with Gasteiger partial charge in [0.05, 0.1) is 13.2 Å². The van der Waals surface area contributed by atoms with Crippen LogP contribution in [0.25, 0.3) is 4.96 Å². The van der Waals surface area contributed by atoms with Crippen LogP contribution in [0, 0.1) is 0 Å². The summed E-state index contributed by atoms with van der Waals surface area (Å²) in [5, 5.41) is 17.1. The first-order chi connectivity index (χ1) is 8.86. The molecule has 18 heavy (non-hydrogen) atoms. The van der Waals surface area contributed by atoms with Gasteiger partial charge >= 0.3 is 0 Å². The summed E-state index contributed by atoms with van der Waals surface area (Å²) in [5.41, 5.74) is 0. The third kappa shape index (κ3) is 2.37. The van der Waals surface area contributed by atoms with E-state index in [1.807, 2.05) is 0 Å². The first-order valence-electron chi connectivity index (χ1n) is 5.87. The smallest absolute Gasteiger partial charge is 0.234 e. The summed E-state index contributed by atoms with van der Waals surface area (Å²) in [5.74, 6) is 0.739. The van der Waals surface area contributed by atoms with E-state index in [-0.39, 0.29) is 0 Å². The van der Waals surface area contributed by atoms with Crippen LogP contribution in [0.5, 0.6) is 0 Å². The van der Waals surface area contributed by atoms with Crippen LogP contribution in [0.4, 0.5) is 0 Å². The highest BCUT2D eigenvalue weighted by Crippen LogP contribution is 2.16. The van der Waals surface area contributed by atoms with E-state index in [9.17, 15) is 0 Å². The minimum Gasteiger partial charge on any atom is -0.379 e. The molecule has 1 saturated heterocycles. The van der Waals surface area contributed by atoms with E-state index in [2.05, 4.69) is 20.6 Å². The third-order valence-corrected chi connectivity index (χ3v) is 3.71. The lowest BCUT2D eigenvalue weighted by Gasteiger charge is -2.22. The van der Waals surface area contributed by atoms with E-state index in [1.54, 1.807) is 23.0 Å². The average Bonchev–Trinajstić information content (AvgIpc) is 2.93. The summed E-state index contributed by atoms with van der Waals surface area (Å²) in [4.78, 5) is 0.814. The summed E-state index contributed by atoms with van der Waals surface area (Å²) >= 11 is 1.56. The fourth-order valence-corrected chi connectivity index (χ4v) is 2.89. The van der Waals surface area contributed by atoms with E-state index in [1.165, 1.54) is 0 Å². The van der Waals surface area contributed by atoms with E-state index in [0.717, 1.165) is 42.0 Å². The number of nitrogens with one attached hydrogen (secondary N) is 1. The topological polar surface area (TPSA) is 73.6 Å². The summed E-state index contributed by atoms with van der Waals surface area (Å²) in [6.07, 6.45) is 0.862. The lowest BCUT2D eigenvalue weighted by atomic mass is 10.2. The standard InChI is InChI=1S/C10H15N5O2S/c1-16-6-8-12-13-10-15(8)14-9(18-10)4-7-5-17-3-2-11-7/h7,11H,2-6H2,1H3. The molecule has 0 radical (unpaired) electrons. The van der Waals surface area contributed by atoms with Crippen molar-refractivity contribution in [2.24, 2.45) is 0 Å². The Balaban J connectivity index is 1.76. The zero-order valence-corrected chi connectivity index (χ0v) is 10.9. The Labute approximate surface area is 108 Å². The van der Waals surface area contributed by atoms with Gasteiger partial charge in [-0.3, -0.25) is 0 Å². The van der Waals surface area contributed by atoms with Gasteiger partial charge < -0.3 is 14.8 Å². The number of morpholine rings is 1. The molecule has 8 heteroatoms. The zero-order valence-electron chi connectivity index (χ0n) is 10.1. The minimum absolute atomic E-state index is 0.341. The SMILES string of the molecule is COCc1nnc2sc(CC3COCCN3)nn12. The Morgan fingerprint density at radius 2 is 2.50 bits per heavy atom. The van der Waals surface area contributed by atoms with Crippen molar-refractivity contribution in [2.45, 2.75) is 19.1 Å². The number of fused-ring (bicyclic) bond motifs is 1. The van der Waals surface area contributed by atoms with Gasteiger partial charge in [0.2, 0.25) is 4.96 Å². The summed E-state index contributed by atoms with van der Waals surface area (Å²) < 4.78 is 12.3. The third-order valence-electron chi connectivity index (χ3n) is 2.79. The zero-order chi connectivity index (χ0) is 12.4. The molecule has 1 unspecified atom stereocenters. The maximum atomic E-state index is 5.43. The molecule has 0 aromatic carbocycles.